The predicted molar refractivity (Wildman–Crippen MR) is 93.2 cm³/mol. The van der Waals surface area contributed by atoms with E-state index < -0.39 is 0 Å². The summed E-state index contributed by atoms with van der Waals surface area (Å²) < 4.78 is 0. The van der Waals surface area contributed by atoms with Crippen LogP contribution in [0.25, 0.3) is 17.0 Å². The maximum absolute atomic E-state index is 5.23. The van der Waals surface area contributed by atoms with E-state index >= 15 is 0 Å². The third-order valence-electron chi connectivity index (χ3n) is 3.92. The van der Waals surface area contributed by atoms with E-state index in [1.54, 1.807) is 6.20 Å². The Hall–Kier alpha value is -3.01. The number of para-hydroxylation sites is 2. The lowest BCUT2D eigenvalue weighted by Gasteiger charge is -2.12. The van der Waals surface area contributed by atoms with Crippen LogP contribution < -0.4 is 15.6 Å². The Morgan fingerprint density at radius 1 is 1.00 bits per heavy atom. The molecule has 1 aromatic heterocycles. The fraction of sp³-hybridized carbons (Fsp3) is 0.105. The molecule has 3 heterocycles. The molecule has 0 amide bonds. The van der Waals surface area contributed by atoms with Gasteiger partial charge >= 0.3 is 0 Å². The quantitative estimate of drug-likeness (QED) is 0.664. The molecule has 5 rings (SSSR count). The van der Waals surface area contributed by atoms with Crippen LogP contribution in [0.3, 0.4) is 0 Å². The Kier molecular flexibility index (Phi) is 3.56. The number of aromatic nitrogens is 1. The van der Waals surface area contributed by atoms with Crippen LogP contribution in [0.5, 0.6) is 5.75 Å². The number of hydrogen-bond acceptors (Lipinski definition) is 4. The second-order valence-electron chi connectivity index (χ2n) is 5.45. The first-order chi connectivity index (χ1) is 11.4. The molecule has 0 spiro atoms. The van der Waals surface area contributed by atoms with E-state index in [1.807, 2.05) is 36.4 Å². The van der Waals surface area contributed by atoms with Crippen molar-refractivity contribution < 1.29 is 4.84 Å². The highest BCUT2D eigenvalue weighted by molar-refractivity contribution is 5.82. The molecule has 0 bridgehead atoms. The maximum atomic E-state index is 5.23. The second kappa shape index (κ2) is 6.01. The standard InChI is InChI=1S/C11H8N2O.C8H9N/c1-2-4-9-8(3-1)7-11-10(13-9)5-6-12-14-11;1-2-4-8-7(3-1)5-6-9-8/h1-7,12H;1-4,9H,5-6H2. The summed E-state index contributed by atoms with van der Waals surface area (Å²) in [7, 11) is 0. The van der Waals surface area contributed by atoms with Crippen LogP contribution in [-0.2, 0) is 6.42 Å². The molecule has 0 fully saturated rings. The predicted octanol–water partition coefficient (Wildman–Crippen LogP) is 3.76. The van der Waals surface area contributed by atoms with Gasteiger partial charge in [-0.15, -0.1) is 0 Å². The first-order valence-electron chi connectivity index (χ1n) is 7.71. The van der Waals surface area contributed by atoms with Gasteiger partial charge in [0.1, 0.15) is 5.69 Å². The van der Waals surface area contributed by atoms with Crippen molar-refractivity contribution in [2.75, 3.05) is 11.9 Å². The minimum atomic E-state index is 0.770. The largest absolute Gasteiger partial charge is 0.384 e. The number of rotatable bonds is 0. The Bertz CT molecular complexity index is 850. The van der Waals surface area contributed by atoms with E-state index in [0.29, 0.717) is 0 Å². The number of anilines is 1. The molecule has 3 aromatic rings. The van der Waals surface area contributed by atoms with Crippen molar-refractivity contribution in [2.24, 2.45) is 0 Å². The Labute approximate surface area is 134 Å². The minimum absolute atomic E-state index is 0.770. The van der Waals surface area contributed by atoms with Crippen molar-refractivity contribution in [3.63, 3.8) is 0 Å². The van der Waals surface area contributed by atoms with E-state index in [9.17, 15) is 0 Å². The summed E-state index contributed by atoms with van der Waals surface area (Å²) in [5.41, 5.74) is 7.31. The second-order valence-corrected chi connectivity index (χ2v) is 5.45. The number of hydrogen-bond donors (Lipinski definition) is 2. The highest BCUT2D eigenvalue weighted by atomic mass is 16.6. The van der Waals surface area contributed by atoms with Gasteiger partial charge in [-0.3, -0.25) is 0 Å². The van der Waals surface area contributed by atoms with Gasteiger partial charge in [0.25, 0.3) is 0 Å². The van der Waals surface area contributed by atoms with Crippen LogP contribution in [0, 0.1) is 0 Å². The van der Waals surface area contributed by atoms with Gasteiger partial charge in [0.05, 0.1) is 5.52 Å². The number of nitrogens with zero attached hydrogens (tertiary/aromatic N) is 1. The summed E-state index contributed by atoms with van der Waals surface area (Å²) in [6.07, 6.45) is 4.81. The molecule has 114 valence electrons. The van der Waals surface area contributed by atoms with Crippen LogP contribution in [-0.4, -0.2) is 11.5 Å². The zero-order chi connectivity index (χ0) is 15.5. The Morgan fingerprint density at radius 3 is 2.83 bits per heavy atom. The summed E-state index contributed by atoms with van der Waals surface area (Å²) >= 11 is 0. The molecular formula is C19H17N3O. The summed E-state index contributed by atoms with van der Waals surface area (Å²) in [6, 6.07) is 18.4. The van der Waals surface area contributed by atoms with Gasteiger partial charge in [-0.05, 0) is 36.3 Å². The Morgan fingerprint density at radius 2 is 1.87 bits per heavy atom. The molecule has 2 aromatic carbocycles. The van der Waals surface area contributed by atoms with Crippen LogP contribution in [0.15, 0.2) is 60.8 Å². The molecule has 0 saturated carbocycles. The van der Waals surface area contributed by atoms with Crippen LogP contribution in [0.2, 0.25) is 0 Å². The first-order valence-corrected chi connectivity index (χ1v) is 7.71. The molecule has 0 aliphatic carbocycles. The monoisotopic (exact) mass is 303 g/mol. The molecule has 0 saturated heterocycles. The smallest absolute Gasteiger partial charge is 0.181 e. The van der Waals surface area contributed by atoms with Gasteiger partial charge < -0.3 is 10.2 Å². The van der Waals surface area contributed by atoms with Gasteiger partial charge in [-0.1, -0.05) is 36.4 Å². The summed E-state index contributed by atoms with van der Waals surface area (Å²) in [5.74, 6) is 0.770. The van der Waals surface area contributed by atoms with Crippen LogP contribution >= 0.6 is 0 Å². The van der Waals surface area contributed by atoms with Gasteiger partial charge in [0, 0.05) is 23.8 Å². The maximum Gasteiger partial charge on any atom is 0.181 e. The lowest BCUT2D eigenvalue weighted by atomic mass is 10.2. The van der Waals surface area contributed by atoms with Crippen molar-refractivity contribution in [2.45, 2.75) is 6.42 Å². The summed E-state index contributed by atoms with van der Waals surface area (Å²) in [6.45, 7) is 1.11. The highest BCUT2D eigenvalue weighted by Crippen LogP contribution is 2.25. The molecule has 2 N–H and O–H groups in total. The molecule has 23 heavy (non-hydrogen) atoms. The van der Waals surface area contributed by atoms with E-state index in [2.05, 4.69) is 40.0 Å². The van der Waals surface area contributed by atoms with E-state index in [1.165, 1.54) is 17.7 Å². The van der Waals surface area contributed by atoms with Crippen LogP contribution in [0.1, 0.15) is 11.3 Å². The van der Waals surface area contributed by atoms with Crippen LogP contribution in [0.4, 0.5) is 5.69 Å². The molecule has 4 heteroatoms. The topological polar surface area (TPSA) is 46.2 Å². The lowest BCUT2D eigenvalue weighted by Crippen LogP contribution is -2.14. The number of benzene rings is 2. The van der Waals surface area contributed by atoms with Gasteiger partial charge in [-0.2, -0.15) is 0 Å². The molecule has 2 aliphatic heterocycles. The zero-order valence-corrected chi connectivity index (χ0v) is 12.6. The fourth-order valence-electron chi connectivity index (χ4n) is 2.77. The van der Waals surface area contributed by atoms with Gasteiger partial charge in [0.15, 0.2) is 5.75 Å². The average Bonchev–Trinajstić information content (AvgIpc) is 3.09. The lowest BCUT2D eigenvalue weighted by molar-refractivity contribution is 0.238. The number of pyridine rings is 1. The number of fused-ring (bicyclic) bond motifs is 3. The zero-order valence-electron chi connectivity index (χ0n) is 12.6. The van der Waals surface area contributed by atoms with Crippen molar-refractivity contribution in [3.8, 4) is 5.75 Å². The molecular weight excluding hydrogens is 286 g/mol. The molecule has 0 radical (unpaired) electrons. The van der Waals surface area contributed by atoms with E-state index in [-0.39, 0.29) is 0 Å². The number of hydroxylamine groups is 1. The molecule has 4 nitrogen and oxygen atoms in total. The fourth-order valence-corrected chi connectivity index (χ4v) is 2.77. The normalized spacial score (nSPS) is 13.7. The van der Waals surface area contributed by atoms with Gasteiger partial charge in [-0.25, -0.2) is 10.5 Å². The summed E-state index contributed by atoms with van der Waals surface area (Å²) in [4.78, 5) is 9.70. The van der Waals surface area contributed by atoms with Crippen molar-refractivity contribution in [1.29, 1.82) is 0 Å². The molecule has 0 atom stereocenters. The van der Waals surface area contributed by atoms with Gasteiger partial charge in [0.2, 0.25) is 0 Å². The number of nitrogens with one attached hydrogen (secondary N) is 2. The summed E-state index contributed by atoms with van der Waals surface area (Å²) in [5, 5.41) is 4.39. The average molecular weight is 303 g/mol. The Balaban J connectivity index is 0.000000130. The molecule has 2 aliphatic rings. The first kappa shape index (κ1) is 13.6. The SMILES string of the molecule is C1=Cc2nc3ccccc3cc2ON1.c1ccc2c(c1)CCN2. The highest BCUT2D eigenvalue weighted by Gasteiger charge is 2.08. The van der Waals surface area contributed by atoms with Crippen molar-refractivity contribution in [1.82, 2.24) is 10.5 Å². The van der Waals surface area contributed by atoms with E-state index in [4.69, 9.17) is 4.84 Å². The minimum Gasteiger partial charge on any atom is -0.384 e. The van der Waals surface area contributed by atoms with E-state index in [0.717, 1.165) is 28.9 Å². The third kappa shape index (κ3) is 2.83. The van der Waals surface area contributed by atoms with Crippen molar-refractivity contribution in [3.05, 3.63) is 72.1 Å². The third-order valence-corrected chi connectivity index (χ3v) is 3.92. The van der Waals surface area contributed by atoms with Crippen molar-refractivity contribution >= 4 is 22.7 Å². The molecule has 0 unspecified atom stereocenters.